The Balaban J connectivity index is 1.55. The van der Waals surface area contributed by atoms with E-state index in [4.69, 9.17) is 9.47 Å². The van der Waals surface area contributed by atoms with Gasteiger partial charge in [0.05, 0.1) is 25.9 Å². The van der Waals surface area contributed by atoms with Crippen LogP contribution in [0.15, 0.2) is 18.2 Å². The Morgan fingerprint density at radius 1 is 1.07 bits per heavy atom. The molecular formula is C21H33N3O3. The molecule has 0 saturated carbocycles. The van der Waals surface area contributed by atoms with Gasteiger partial charge in [0.15, 0.2) is 0 Å². The Morgan fingerprint density at radius 2 is 1.78 bits per heavy atom. The molecule has 2 fully saturated rings. The summed E-state index contributed by atoms with van der Waals surface area (Å²) in [6.45, 7) is 6.44. The molecule has 0 unspecified atom stereocenters. The number of rotatable bonds is 6. The van der Waals surface area contributed by atoms with Gasteiger partial charge in [-0.3, -0.25) is 9.69 Å². The molecule has 27 heavy (non-hydrogen) atoms. The van der Waals surface area contributed by atoms with Crippen LogP contribution in [0, 0.1) is 0 Å². The van der Waals surface area contributed by atoms with Crippen molar-refractivity contribution in [1.82, 2.24) is 9.80 Å². The normalized spacial score (nSPS) is 20.9. The van der Waals surface area contributed by atoms with E-state index >= 15 is 0 Å². The fraction of sp³-hybridized carbons (Fsp3) is 0.667. The Kier molecular flexibility index (Phi) is 6.96. The van der Waals surface area contributed by atoms with Crippen molar-refractivity contribution in [1.29, 1.82) is 0 Å². The summed E-state index contributed by atoms with van der Waals surface area (Å²) in [6.07, 6.45) is 6.35. The van der Waals surface area contributed by atoms with E-state index in [2.05, 4.69) is 15.1 Å². The van der Waals surface area contributed by atoms with E-state index in [9.17, 15) is 4.79 Å². The lowest BCUT2D eigenvalue weighted by Gasteiger charge is -2.41. The van der Waals surface area contributed by atoms with E-state index in [1.54, 1.807) is 20.3 Å². The summed E-state index contributed by atoms with van der Waals surface area (Å²) in [5.41, 5.74) is 0.650. The van der Waals surface area contributed by atoms with Crippen LogP contribution in [0.25, 0.3) is 0 Å². The molecule has 2 aliphatic rings. The van der Waals surface area contributed by atoms with Crippen LogP contribution in [0.3, 0.4) is 0 Å². The second kappa shape index (κ2) is 9.42. The molecule has 3 rings (SSSR count). The largest absolute Gasteiger partial charge is 0.497 e. The van der Waals surface area contributed by atoms with Crippen molar-refractivity contribution in [2.24, 2.45) is 0 Å². The molecule has 0 radical (unpaired) electrons. The minimum atomic E-state index is -0.164. The van der Waals surface area contributed by atoms with Crippen LogP contribution in [0.1, 0.15) is 39.0 Å². The van der Waals surface area contributed by atoms with Crippen molar-refractivity contribution in [3.05, 3.63) is 18.2 Å². The van der Waals surface area contributed by atoms with Gasteiger partial charge in [-0.1, -0.05) is 6.42 Å². The highest BCUT2D eigenvalue weighted by molar-refractivity contribution is 5.96. The predicted molar refractivity (Wildman–Crippen MR) is 108 cm³/mol. The molecule has 1 aromatic carbocycles. The number of anilines is 1. The quantitative estimate of drug-likeness (QED) is 0.828. The van der Waals surface area contributed by atoms with Gasteiger partial charge in [0.2, 0.25) is 5.91 Å². The van der Waals surface area contributed by atoms with Crippen LogP contribution in [0.2, 0.25) is 0 Å². The summed E-state index contributed by atoms with van der Waals surface area (Å²) in [5, 5.41) is 3.01. The third kappa shape index (κ3) is 4.93. The first-order chi connectivity index (χ1) is 13.1. The monoisotopic (exact) mass is 375 g/mol. The predicted octanol–water partition coefficient (Wildman–Crippen LogP) is 2.98. The highest BCUT2D eigenvalue weighted by Gasteiger charge is 2.30. The molecule has 1 atom stereocenters. The number of hydrogen-bond acceptors (Lipinski definition) is 5. The van der Waals surface area contributed by atoms with E-state index in [-0.39, 0.29) is 11.9 Å². The second-order valence-electron chi connectivity index (χ2n) is 7.60. The molecule has 2 saturated heterocycles. The molecule has 1 amide bonds. The number of ether oxygens (including phenoxy) is 2. The average Bonchev–Trinajstić information content (AvgIpc) is 2.73. The highest BCUT2D eigenvalue weighted by atomic mass is 16.5. The number of carbonyl (C=O) groups excluding carboxylic acids is 1. The van der Waals surface area contributed by atoms with Crippen molar-refractivity contribution in [2.45, 2.75) is 51.1 Å². The number of nitrogens with zero attached hydrogens (tertiary/aromatic N) is 2. The highest BCUT2D eigenvalue weighted by Crippen LogP contribution is 2.29. The second-order valence-corrected chi connectivity index (χ2v) is 7.60. The lowest BCUT2D eigenvalue weighted by molar-refractivity contribution is -0.121. The van der Waals surface area contributed by atoms with Crippen LogP contribution in [-0.4, -0.2) is 68.2 Å². The van der Waals surface area contributed by atoms with E-state index in [0.717, 1.165) is 25.9 Å². The van der Waals surface area contributed by atoms with Gasteiger partial charge < -0.3 is 19.7 Å². The smallest absolute Gasteiger partial charge is 0.241 e. The SMILES string of the molecule is COc1ccc(OC)c(NC(=O)[C@@H](C)N2CCC(N3CCCCC3)CC2)c1. The number of benzene rings is 1. The van der Waals surface area contributed by atoms with Crippen molar-refractivity contribution in [2.75, 3.05) is 45.7 Å². The van der Waals surface area contributed by atoms with Crippen molar-refractivity contribution in [3.63, 3.8) is 0 Å². The maximum Gasteiger partial charge on any atom is 0.241 e. The zero-order valence-corrected chi connectivity index (χ0v) is 16.9. The maximum atomic E-state index is 12.8. The Morgan fingerprint density at radius 3 is 2.41 bits per heavy atom. The zero-order valence-electron chi connectivity index (χ0n) is 16.9. The molecule has 6 nitrogen and oxygen atoms in total. The molecule has 0 bridgehead atoms. The molecule has 0 aliphatic carbocycles. The fourth-order valence-corrected chi connectivity index (χ4v) is 4.24. The van der Waals surface area contributed by atoms with Gasteiger partial charge in [0, 0.05) is 25.2 Å². The fourth-order valence-electron chi connectivity index (χ4n) is 4.24. The summed E-state index contributed by atoms with van der Waals surface area (Å²) < 4.78 is 10.6. The number of nitrogens with one attached hydrogen (secondary N) is 1. The number of methoxy groups -OCH3 is 2. The van der Waals surface area contributed by atoms with Crippen molar-refractivity contribution >= 4 is 11.6 Å². The lowest BCUT2D eigenvalue weighted by atomic mass is 9.99. The summed E-state index contributed by atoms with van der Waals surface area (Å²) in [6, 6.07) is 5.96. The molecular weight excluding hydrogens is 342 g/mol. The minimum Gasteiger partial charge on any atom is -0.497 e. The van der Waals surface area contributed by atoms with Crippen molar-refractivity contribution < 1.29 is 14.3 Å². The van der Waals surface area contributed by atoms with E-state index in [1.165, 1.54) is 32.4 Å². The summed E-state index contributed by atoms with van der Waals surface area (Å²) in [7, 11) is 3.22. The standard InChI is InChI=1S/C21H33N3O3/c1-16(21(25)22-19-15-18(26-2)7-8-20(19)27-3)23-13-9-17(10-14-23)24-11-5-4-6-12-24/h7-8,15-17H,4-6,9-14H2,1-3H3,(H,22,25)/t16-/m1/s1. The Labute approximate surface area is 162 Å². The summed E-state index contributed by atoms with van der Waals surface area (Å²) >= 11 is 0. The van der Waals surface area contributed by atoms with Gasteiger partial charge in [0.1, 0.15) is 11.5 Å². The number of piperidine rings is 2. The number of hydrogen-bond donors (Lipinski definition) is 1. The van der Waals surface area contributed by atoms with Gasteiger partial charge in [-0.05, 0) is 57.8 Å². The number of carbonyl (C=O) groups is 1. The first-order valence-electron chi connectivity index (χ1n) is 10.1. The van der Waals surface area contributed by atoms with Crippen LogP contribution < -0.4 is 14.8 Å². The average molecular weight is 376 g/mol. The molecule has 150 valence electrons. The minimum absolute atomic E-state index is 0.00187. The third-order valence-corrected chi connectivity index (χ3v) is 6.00. The molecule has 0 spiro atoms. The van der Waals surface area contributed by atoms with Crippen LogP contribution in [0.4, 0.5) is 5.69 Å². The summed E-state index contributed by atoms with van der Waals surface area (Å²) in [5.74, 6) is 1.33. The van der Waals surface area contributed by atoms with Gasteiger partial charge in [-0.25, -0.2) is 0 Å². The van der Waals surface area contributed by atoms with E-state index < -0.39 is 0 Å². The van der Waals surface area contributed by atoms with E-state index in [0.29, 0.717) is 23.2 Å². The first kappa shape index (κ1) is 20.0. The Bertz CT molecular complexity index is 623. The zero-order chi connectivity index (χ0) is 19.2. The third-order valence-electron chi connectivity index (χ3n) is 6.00. The molecule has 1 N–H and O–H groups in total. The van der Waals surface area contributed by atoms with Crippen LogP contribution in [0.5, 0.6) is 11.5 Å². The van der Waals surface area contributed by atoms with Crippen LogP contribution in [-0.2, 0) is 4.79 Å². The van der Waals surface area contributed by atoms with Gasteiger partial charge in [-0.15, -0.1) is 0 Å². The molecule has 2 heterocycles. The molecule has 0 aromatic heterocycles. The number of amides is 1. The molecule has 6 heteroatoms. The Hall–Kier alpha value is -1.79. The molecule has 1 aromatic rings. The lowest BCUT2D eigenvalue weighted by Crippen LogP contribution is -2.51. The summed E-state index contributed by atoms with van der Waals surface area (Å²) in [4.78, 5) is 17.8. The van der Waals surface area contributed by atoms with Crippen LogP contribution >= 0.6 is 0 Å². The maximum absolute atomic E-state index is 12.8. The van der Waals surface area contributed by atoms with Gasteiger partial charge >= 0.3 is 0 Å². The van der Waals surface area contributed by atoms with Gasteiger partial charge in [-0.2, -0.15) is 0 Å². The van der Waals surface area contributed by atoms with Gasteiger partial charge in [0.25, 0.3) is 0 Å². The van der Waals surface area contributed by atoms with E-state index in [1.807, 2.05) is 19.1 Å². The van der Waals surface area contributed by atoms with Crippen molar-refractivity contribution in [3.8, 4) is 11.5 Å². The topological polar surface area (TPSA) is 54.0 Å². The number of likely N-dealkylation sites (tertiary alicyclic amines) is 2. The first-order valence-corrected chi connectivity index (χ1v) is 10.1. The molecule has 2 aliphatic heterocycles.